The van der Waals surface area contributed by atoms with E-state index in [0.29, 0.717) is 19.6 Å². The van der Waals surface area contributed by atoms with Gasteiger partial charge in [0.1, 0.15) is 18.2 Å². The van der Waals surface area contributed by atoms with Crippen molar-refractivity contribution in [3.63, 3.8) is 0 Å². The number of rotatable bonds is 12. The zero-order valence-corrected chi connectivity index (χ0v) is 17.9. The number of carbonyl (C=O) groups is 3. The van der Waals surface area contributed by atoms with Crippen LogP contribution in [0.2, 0.25) is 0 Å². The topological polar surface area (TPSA) is 90.9 Å². The number of benzene rings is 1. The summed E-state index contributed by atoms with van der Waals surface area (Å²) in [6, 6.07) is 8.75. The summed E-state index contributed by atoms with van der Waals surface area (Å²) in [4.78, 5) is 35.9. The van der Waals surface area contributed by atoms with E-state index in [1.54, 1.807) is 27.7 Å². The number of nitrogens with one attached hydrogen (secondary N) is 1. The fourth-order valence-electron chi connectivity index (χ4n) is 2.49. The van der Waals surface area contributed by atoms with Crippen LogP contribution in [0.15, 0.2) is 30.3 Å². The molecule has 1 rings (SSSR count). The van der Waals surface area contributed by atoms with Crippen LogP contribution < -0.4 is 5.32 Å². The van der Waals surface area contributed by atoms with Crippen molar-refractivity contribution in [2.45, 2.75) is 71.6 Å². The molecule has 29 heavy (non-hydrogen) atoms. The zero-order chi connectivity index (χ0) is 21.7. The van der Waals surface area contributed by atoms with E-state index in [1.165, 1.54) is 0 Å². The molecule has 0 unspecified atom stereocenters. The lowest BCUT2D eigenvalue weighted by Gasteiger charge is -2.24. The predicted molar refractivity (Wildman–Crippen MR) is 109 cm³/mol. The lowest BCUT2D eigenvalue weighted by Crippen LogP contribution is -2.42. The smallest absolute Gasteiger partial charge is 0.323 e. The molecule has 1 N–H and O–H groups in total. The summed E-state index contributed by atoms with van der Waals surface area (Å²) >= 11 is 0. The minimum Gasteiger partial charge on any atom is -0.466 e. The second kappa shape index (κ2) is 12.9. The quantitative estimate of drug-likeness (QED) is 0.323. The van der Waals surface area contributed by atoms with Crippen molar-refractivity contribution >= 4 is 17.9 Å². The number of ether oxygens (including phenoxy) is 3. The van der Waals surface area contributed by atoms with Gasteiger partial charge in [-0.05, 0) is 52.6 Å². The van der Waals surface area contributed by atoms with Crippen molar-refractivity contribution in [1.82, 2.24) is 5.32 Å². The van der Waals surface area contributed by atoms with E-state index in [4.69, 9.17) is 14.2 Å². The average Bonchev–Trinajstić information content (AvgIpc) is 2.65. The van der Waals surface area contributed by atoms with Crippen molar-refractivity contribution < 1.29 is 28.6 Å². The standard InChI is InChI=1S/C22H33NO6/c1-5-27-19(24)12-9-15-23-18(21(26)29-22(2,3)4)13-14-20(25)28-16-17-10-7-6-8-11-17/h6-8,10-11,18,23H,5,9,12-16H2,1-4H3/t18-/m1/s1. The second-order valence-corrected chi connectivity index (χ2v) is 7.63. The van der Waals surface area contributed by atoms with Crippen LogP contribution in [-0.4, -0.2) is 42.7 Å². The largest absolute Gasteiger partial charge is 0.466 e. The highest BCUT2D eigenvalue weighted by atomic mass is 16.6. The molecule has 7 heteroatoms. The van der Waals surface area contributed by atoms with Crippen LogP contribution >= 0.6 is 0 Å². The lowest BCUT2D eigenvalue weighted by atomic mass is 10.1. The third-order valence-electron chi connectivity index (χ3n) is 3.82. The van der Waals surface area contributed by atoms with E-state index < -0.39 is 17.6 Å². The first-order valence-electron chi connectivity index (χ1n) is 10.0. The molecule has 0 saturated carbocycles. The van der Waals surface area contributed by atoms with Gasteiger partial charge in [-0.25, -0.2) is 0 Å². The minimum absolute atomic E-state index is 0.0849. The molecular weight excluding hydrogens is 374 g/mol. The third kappa shape index (κ3) is 11.9. The van der Waals surface area contributed by atoms with Crippen molar-refractivity contribution in [1.29, 1.82) is 0 Å². The summed E-state index contributed by atoms with van der Waals surface area (Å²) in [6.45, 7) is 8.10. The molecule has 7 nitrogen and oxygen atoms in total. The molecule has 0 bridgehead atoms. The molecule has 162 valence electrons. The molecule has 1 atom stereocenters. The van der Waals surface area contributed by atoms with Crippen molar-refractivity contribution in [2.24, 2.45) is 0 Å². The molecule has 0 heterocycles. The van der Waals surface area contributed by atoms with E-state index >= 15 is 0 Å². The summed E-state index contributed by atoms with van der Waals surface area (Å²) in [5.41, 5.74) is 0.275. The third-order valence-corrected chi connectivity index (χ3v) is 3.82. The summed E-state index contributed by atoms with van der Waals surface area (Å²) < 4.78 is 15.6. The number of esters is 3. The Morgan fingerprint density at radius 1 is 1.00 bits per heavy atom. The average molecular weight is 408 g/mol. The molecule has 0 fully saturated rings. The molecule has 0 aliphatic heterocycles. The first kappa shape index (κ1) is 24.6. The van der Waals surface area contributed by atoms with Crippen molar-refractivity contribution in [2.75, 3.05) is 13.2 Å². The van der Waals surface area contributed by atoms with Gasteiger partial charge in [0.05, 0.1) is 6.61 Å². The Labute approximate surface area is 173 Å². The Hall–Kier alpha value is -2.41. The van der Waals surface area contributed by atoms with Gasteiger partial charge in [0.25, 0.3) is 0 Å². The van der Waals surface area contributed by atoms with Gasteiger partial charge in [-0.2, -0.15) is 0 Å². The molecule has 0 radical (unpaired) electrons. The first-order valence-corrected chi connectivity index (χ1v) is 10.0. The highest BCUT2D eigenvalue weighted by Gasteiger charge is 2.25. The van der Waals surface area contributed by atoms with Gasteiger partial charge in [0.15, 0.2) is 0 Å². The lowest BCUT2D eigenvalue weighted by molar-refractivity contribution is -0.158. The van der Waals surface area contributed by atoms with Gasteiger partial charge in [-0.1, -0.05) is 30.3 Å². The molecule has 1 aromatic carbocycles. The molecule has 0 aliphatic carbocycles. The van der Waals surface area contributed by atoms with Crippen LogP contribution in [0.25, 0.3) is 0 Å². The van der Waals surface area contributed by atoms with Crippen LogP contribution in [0.5, 0.6) is 0 Å². The highest BCUT2D eigenvalue weighted by Crippen LogP contribution is 2.12. The summed E-state index contributed by atoms with van der Waals surface area (Å²) in [5, 5.41) is 3.08. The van der Waals surface area contributed by atoms with E-state index in [1.807, 2.05) is 30.3 Å². The summed E-state index contributed by atoms with van der Waals surface area (Å²) in [5.74, 6) is -1.08. The monoisotopic (exact) mass is 407 g/mol. The Kier molecular flexibility index (Phi) is 11.0. The number of carbonyl (C=O) groups excluding carboxylic acids is 3. The Morgan fingerprint density at radius 2 is 1.66 bits per heavy atom. The molecule has 0 spiro atoms. The van der Waals surface area contributed by atoms with Crippen molar-refractivity contribution in [3.8, 4) is 0 Å². The highest BCUT2D eigenvalue weighted by molar-refractivity contribution is 5.77. The van der Waals surface area contributed by atoms with Gasteiger partial charge in [0, 0.05) is 12.8 Å². The van der Waals surface area contributed by atoms with E-state index in [9.17, 15) is 14.4 Å². The molecule has 0 aromatic heterocycles. The molecule has 0 saturated heterocycles. The second-order valence-electron chi connectivity index (χ2n) is 7.63. The van der Waals surface area contributed by atoms with Crippen LogP contribution in [0.4, 0.5) is 0 Å². The Balaban J connectivity index is 2.48. The summed E-state index contributed by atoms with van der Waals surface area (Å²) in [7, 11) is 0. The molecule has 1 aromatic rings. The maximum atomic E-state index is 12.5. The fourth-order valence-corrected chi connectivity index (χ4v) is 2.49. The Bertz CT molecular complexity index is 638. The van der Waals surface area contributed by atoms with Crippen LogP contribution in [-0.2, 0) is 35.2 Å². The normalized spacial score (nSPS) is 12.1. The van der Waals surface area contributed by atoms with Gasteiger partial charge in [0.2, 0.25) is 0 Å². The maximum Gasteiger partial charge on any atom is 0.323 e. The first-order chi connectivity index (χ1) is 13.7. The molecule has 0 aliphatic rings. The van der Waals surface area contributed by atoms with E-state index in [2.05, 4.69) is 5.32 Å². The van der Waals surface area contributed by atoms with Crippen LogP contribution in [0.3, 0.4) is 0 Å². The van der Waals surface area contributed by atoms with E-state index in [-0.39, 0.29) is 37.8 Å². The van der Waals surface area contributed by atoms with Gasteiger partial charge >= 0.3 is 17.9 Å². The minimum atomic E-state index is -0.652. The predicted octanol–water partition coefficient (Wildman–Crippen LogP) is 3.15. The molecule has 0 amide bonds. The Morgan fingerprint density at radius 3 is 2.28 bits per heavy atom. The van der Waals surface area contributed by atoms with Gasteiger partial charge in [-0.15, -0.1) is 0 Å². The van der Waals surface area contributed by atoms with Crippen LogP contribution in [0, 0.1) is 0 Å². The number of hydrogen-bond acceptors (Lipinski definition) is 7. The molecular formula is C22H33NO6. The fraction of sp³-hybridized carbons (Fsp3) is 0.591. The van der Waals surface area contributed by atoms with Crippen molar-refractivity contribution in [3.05, 3.63) is 35.9 Å². The zero-order valence-electron chi connectivity index (χ0n) is 17.9. The van der Waals surface area contributed by atoms with E-state index in [0.717, 1.165) is 5.56 Å². The van der Waals surface area contributed by atoms with Gasteiger partial charge in [-0.3, -0.25) is 14.4 Å². The van der Waals surface area contributed by atoms with Gasteiger partial charge < -0.3 is 19.5 Å². The number of hydrogen-bond donors (Lipinski definition) is 1. The SMILES string of the molecule is CCOC(=O)CCCN[C@H](CCC(=O)OCc1ccccc1)C(=O)OC(C)(C)C. The van der Waals surface area contributed by atoms with Crippen LogP contribution in [0.1, 0.15) is 58.9 Å². The summed E-state index contributed by atoms with van der Waals surface area (Å²) in [6.07, 6.45) is 1.13. The maximum absolute atomic E-state index is 12.5.